The molecule has 0 atom stereocenters. The van der Waals surface area contributed by atoms with E-state index < -0.39 is 0 Å². The highest BCUT2D eigenvalue weighted by molar-refractivity contribution is 9.10. The molecular formula is C23H21BrN2O4. The van der Waals surface area contributed by atoms with Gasteiger partial charge in [0.2, 0.25) is 6.79 Å². The molecule has 0 radical (unpaired) electrons. The molecule has 2 aromatic rings. The van der Waals surface area contributed by atoms with Gasteiger partial charge in [0.1, 0.15) is 24.0 Å². The average molecular weight is 469 g/mol. The number of nitrogens with zero attached hydrogens (tertiary/aromatic N) is 2. The molecule has 0 spiro atoms. The van der Waals surface area contributed by atoms with Gasteiger partial charge in [-0.3, -0.25) is 4.79 Å². The van der Waals surface area contributed by atoms with E-state index in [4.69, 9.17) is 14.2 Å². The van der Waals surface area contributed by atoms with Gasteiger partial charge in [0.05, 0.1) is 4.47 Å². The Morgan fingerprint density at radius 3 is 2.77 bits per heavy atom. The Bertz CT molecular complexity index is 1050. The SMILES string of the molecule is C=CCc1cc(/C=C(/C#N)C(=O)N(C)C)cc(Br)c1OCc1ccc2c(c1)OCO2. The number of carbonyl (C=O) groups is 1. The lowest BCUT2D eigenvalue weighted by Crippen LogP contribution is -2.22. The molecule has 1 aliphatic heterocycles. The summed E-state index contributed by atoms with van der Waals surface area (Å²) in [7, 11) is 3.22. The maximum absolute atomic E-state index is 12.1. The van der Waals surface area contributed by atoms with Crippen LogP contribution >= 0.6 is 15.9 Å². The highest BCUT2D eigenvalue weighted by Crippen LogP contribution is 2.35. The monoisotopic (exact) mass is 468 g/mol. The molecule has 0 fully saturated rings. The molecule has 0 bridgehead atoms. The molecule has 0 saturated heterocycles. The van der Waals surface area contributed by atoms with Gasteiger partial charge in [-0.05, 0) is 69.4 Å². The van der Waals surface area contributed by atoms with Crippen LogP contribution < -0.4 is 14.2 Å². The quantitative estimate of drug-likeness (QED) is 0.340. The summed E-state index contributed by atoms with van der Waals surface area (Å²) < 4.78 is 17.6. The predicted octanol–water partition coefficient (Wildman–Crippen LogP) is 4.48. The van der Waals surface area contributed by atoms with E-state index in [1.807, 2.05) is 36.4 Å². The van der Waals surface area contributed by atoms with Gasteiger partial charge in [0.15, 0.2) is 11.5 Å². The van der Waals surface area contributed by atoms with Crippen LogP contribution in [0.15, 0.2) is 53.0 Å². The molecular weight excluding hydrogens is 448 g/mol. The van der Waals surface area contributed by atoms with Gasteiger partial charge in [0.25, 0.3) is 5.91 Å². The lowest BCUT2D eigenvalue weighted by molar-refractivity contribution is -0.124. The third kappa shape index (κ3) is 4.84. The smallest absolute Gasteiger partial charge is 0.264 e. The maximum atomic E-state index is 12.1. The summed E-state index contributed by atoms with van der Waals surface area (Å²) in [5.74, 6) is 1.77. The van der Waals surface area contributed by atoms with E-state index in [0.717, 1.165) is 26.9 Å². The zero-order valence-electron chi connectivity index (χ0n) is 16.8. The fourth-order valence-electron chi connectivity index (χ4n) is 2.96. The van der Waals surface area contributed by atoms with E-state index in [-0.39, 0.29) is 18.3 Å². The fourth-order valence-corrected chi connectivity index (χ4v) is 3.59. The van der Waals surface area contributed by atoms with Crippen molar-refractivity contribution in [3.05, 3.63) is 69.7 Å². The first kappa shape index (κ1) is 21.5. The van der Waals surface area contributed by atoms with Crippen molar-refractivity contribution in [2.24, 2.45) is 0 Å². The van der Waals surface area contributed by atoms with Crippen molar-refractivity contribution in [2.45, 2.75) is 13.0 Å². The zero-order valence-corrected chi connectivity index (χ0v) is 18.4. The number of fused-ring (bicyclic) bond motifs is 1. The zero-order chi connectivity index (χ0) is 21.7. The second kappa shape index (κ2) is 9.51. The molecule has 1 heterocycles. The van der Waals surface area contributed by atoms with Crippen molar-refractivity contribution in [3.8, 4) is 23.3 Å². The molecule has 154 valence electrons. The molecule has 1 amide bonds. The van der Waals surface area contributed by atoms with Crippen LogP contribution in [0.5, 0.6) is 17.2 Å². The van der Waals surface area contributed by atoms with Gasteiger partial charge >= 0.3 is 0 Å². The molecule has 2 aromatic carbocycles. The minimum atomic E-state index is -0.345. The molecule has 7 heteroatoms. The van der Waals surface area contributed by atoms with E-state index in [2.05, 4.69) is 22.5 Å². The second-order valence-corrected chi connectivity index (χ2v) is 7.68. The van der Waals surface area contributed by atoms with Crippen LogP contribution in [0.1, 0.15) is 16.7 Å². The van der Waals surface area contributed by atoms with Crippen LogP contribution in [0.2, 0.25) is 0 Å². The Hall–Kier alpha value is -3.24. The summed E-state index contributed by atoms with van der Waals surface area (Å²) in [5.41, 5.74) is 2.62. The third-order valence-corrected chi connectivity index (χ3v) is 4.98. The standard InChI is InChI=1S/C23H21BrN2O4/c1-4-5-17-8-16(9-18(12-25)23(27)26(2)3)10-19(24)22(17)28-13-15-6-7-20-21(11-15)30-14-29-20/h4,6-11H,1,5,13-14H2,2-3H3/b18-9-. The summed E-state index contributed by atoms with van der Waals surface area (Å²) in [6.45, 7) is 4.38. The summed E-state index contributed by atoms with van der Waals surface area (Å²) in [4.78, 5) is 13.5. The normalized spacial score (nSPS) is 12.3. The Kier molecular flexibility index (Phi) is 6.80. The lowest BCUT2D eigenvalue weighted by Gasteiger charge is -2.15. The molecule has 3 rings (SSSR count). The maximum Gasteiger partial charge on any atom is 0.264 e. The molecule has 0 aliphatic carbocycles. The van der Waals surface area contributed by atoms with Crippen LogP contribution in [0.4, 0.5) is 0 Å². The topological polar surface area (TPSA) is 71.8 Å². The molecule has 0 unspecified atom stereocenters. The third-order valence-electron chi connectivity index (χ3n) is 4.40. The van der Waals surface area contributed by atoms with Crippen molar-refractivity contribution >= 4 is 27.9 Å². The fraction of sp³-hybridized carbons (Fsp3) is 0.217. The predicted molar refractivity (Wildman–Crippen MR) is 117 cm³/mol. The largest absolute Gasteiger partial charge is 0.487 e. The number of allylic oxidation sites excluding steroid dienone is 1. The number of rotatable bonds is 7. The Labute approximate surface area is 184 Å². The van der Waals surface area contributed by atoms with Gasteiger partial charge in [-0.15, -0.1) is 6.58 Å². The van der Waals surface area contributed by atoms with E-state index in [0.29, 0.717) is 24.5 Å². The van der Waals surface area contributed by atoms with Crippen LogP contribution in [-0.2, 0) is 17.8 Å². The Balaban J connectivity index is 1.87. The van der Waals surface area contributed by atoms with E-state index in [1.54, 1.807) is 26.2 Å². The van der Waals surface area contributed by atoms with Crippen LogP contribution in [0.25, 0.3) is 6.08 Å². The first-order chi connectivity index (χ1) is 14.4. The molecule has 0 saturated carbocycles. The van der Waals surface area contributed by atoms with Crippen molar-refractivity contribution in [1.29, 1.82) is 5.26 Å². The van der Waals surface area contributed by atoms with Crippen molar-refractivity contribution in [3.63, 3.8) is 0 Å². The van der Waals surface area contributed by atoms with Gasteiger partial charge in [-0.2, -0.15) is 5.26 Å². The van der Waals surface area contributed by atoms with Gasteiger partial charge in [0, 0.05) is 14.1 Å². The number of ether oxygens (including phenoxy) is 3. The number of halogens is 1. The first-order valence-corrected chi connectivity index (χ1v) is 10.00. The van der Waals surface area contributed by atoms with Crippen LogP contribution in [0.3, 0.4) is 0 Å². The number of nitriles is 1. The van der Waals surface area contributed by atoms with Crippen molar-refractivity contribution in [1.82, 2.24) is 4.90 Å². The van der Waals surface area contributed by atoms with Gasteiger partial charge in [-0.25, -0.2) is 0 Å². The molecule has 6 nitrogen and oxygen atoms in total. The first-order valence-electron chi connectivity index (χ1n) is 9.21. The van der Waals surface area contributed by atoms with Crippen molar-refractivity contribution in [2.75, 3.05) is 20.9 Å². The number of hydrogen-bond donors (Lipinski definition) is 0. The van der Waals surface area contributed by atoms with Crippen LogP contribution in [-0.4, -0.2) is 31.7 Å². The highest BCUT2D eigenvalue weighted by atomic mass is 79.9. The average Bonchev–Trinajstić information content (AvgIpc) is 3.19. The molecule has 0 N–H and O–H groups in total. The number of benzene rings is 2. The Morgan fingerprint density at radius 1 is 1.30 bits per heavy atom. The van der Waals surface area contributed by atoms with Crippen LogP contribution in [0, 0.1) is 11.3 Å². The molecule has 30 heavy (non-hydrogen) atoms. The van der Waals surface area contributed by atoms with Gasteiger partial charge in [-0.1, -0.05) is 12.1 Å². The minimum Gasteiger partial charge on any atom is -0.487 e. The molecule has 1 aliphatic rings. The second-order valence-electron chi connectivity index (χ2n) is 6.83. The highest BCUT2D eigenvalue weighted by Gasteiger charge is 2.16. The number of carbonyl (C=O) groups excluding carboxylic acids is 1. The summed E-state index contributed by atoms with van der Waals surface area (Å²) in [6, 6.07) is 11.4. The van der Waals surface area contributed by atoms with E-state index in [1.165, 1.54) is 4.90 Å². The van der Waals surface area contributed by atoms with Gasteiger partial charge < -0.3 is 19.1 Å². The summed E-state index contributed by atoms with van der Waals surface area (Å²) in [5, 5.41) is 9.34. The lowest BCUT2D eigenvalue weighted by atomic mass is 10.0. The van der Waals surface area contributed by atoms with Crippen molar-refractivity contribution < 1.29 is 19.0 Å². The van der Waals surface area contributed by atoms with E-state index >= 15 is 0 Å². The molecule has 0 aromatic heterocycles. The number of likely N-dealkylation sites (N-methyl/N-ethyl adjacent to an activating group) is 1. The minimum absolute atomic E-state index is 0.0606. The summed E-state index contributed by atoms with van der Waals surface area (Å²) >= 11 is 3.56. The van der Waals surface area contributed by atoms with E-state index in [9.17, 15) is 10.1 Å². The number of hydrogen-bond acceptors (Lipinski definition) is 5. The summed E-state index contributed by atoms with van der Waals surface area (Å²) in [6.07, 6.45) is 3.92. The number of amides is 1. The Morgan fingerprint density at radius 2 is 2.07 bits per heavy atom.